The molecule has 0 spiro atoms. The average molecular weight is 330 g/mol. The second kappa shape index (κ2) is 5.56. The molecular weight excluding hydrogens is 317 g/mol. The molecule has 1 aromatic carbocycles. The highest BCUT2D eigenvalue weighted by atomic mass is 79.9. The monoisotopic (exact) mass is 329 g/mol. The number of nitrogens with zero attached hydrogens (tertiary/aromatic N) is 2. The van der Waals surface area contributed by atoms with Crippen molar-refractivity contribution in [2.24, 2.45) is 10.9 Å². The van der Waals surface area contributed by atoms with E-state index in [0.29, 0.717) is 17.4 Å². The fourth-order valence-corrected chi connectivity index (χ4v) is 2.53. The number of benzene rings is 1. The molecule has 1 atom stereocenters. The van der Waals surface area contributed by atoms with Crippen LogP contribution in [-0.4, -0.2) is 34.4 Å². The van der Waals surface area contributed by atoms with Crippen LogP contribution in [0.4, 0.5) is 4.39 Å². The van der Waals surface area contributed by atoms with Gasteiger partial charge in [0.25, 0.3) is 5.91 Å². The zero-order valence-electron chi connectivity index (χ0n) is 10.0. The zero-order chi connectivity index (χ0) is 14.0. The summed E-state index contributed by atoms with van der Waals surface area (Å²) in [4.78, 5) is 13.7. The molecule has 1 unspecified atom stereocenters. The molecule has 0 bridgehead atoms. The van der Waals surface area contributed by atoms with Gasteiger partial charge in [-0.05, 0) is 31.0 Å². The normalized spacial score (nSPS) is 19.8. The van der Waals surface area contributed by atoms with Crippen molar-refractivity contribution in [3.8, 4) is 0 Å². The maximum Gasteiger partial charge on any atom is 0.257 e. The lowest BCUT2D eigenvalue weighted by atomic mass is 10.1. The minimum Gasteiger partial charge on any atom is -0.409 e. The second-order valence-electron chi connectivity index (χ2n) is 4.31. The van der Waals surface area contributed by atoms with E-state index in [9.17, 15) is 9.18 Å². The van der Waals surface area contributed by atoms with Crippen LogP contribution in [0.3, 0.4) is 0 Å². The van der Waals surface area contributed by atoms with Gasteiger partial charge in [-0.2, -0.15) is 0 Å². The Morgan fingerprint density at radius 1 is 1.58 bits per heavy atom. The fourth-order valence-electron chi connectivity index (χ4n) is 2.20. The summed E-state index contributed by atoms with van der Waals surface area (Å²) >= 11 is 3.14. The molecule has 1 aromatic rings. The van der Waals surface area contributed by atoms with Crippen LogP contribution in [0.5, 0.6) is 0 Å². The predicted molar refractivity (Wildman–Crippen MR) is 71.6 cm³/mol. The Kier molecular flexibility index (Phi) is 4.04. The number of amidine groups is 1. The van der Waals surface area contributed by atoms with Crippen LogP contribution in [0.15, 0.2) is 27.8 Å². The maximum absolute atomic E-state index is 13.8. The highest BCUT2D eigenvalue weighted by Gasteiger charge is 2.33. The van der Waals surface area contributed by atoms with E-state index in [1.165, 1.54) is 17.0 Å². The summed E-state index contributed by atoms with van der Waals surface area (Å²) in [5.41, 5.74) is 5.54. The minimum absolute atomic E-state index is 0.0131. The van der Waals surface area contributed by atoms with Gasteiger partial charge in [-0.3, -0.25) is 4.79 Å². The highest BCUT2D eigenvalue weighted by Crippen LogP contribution is 2.23. The van der Waals surface area contributed by atoms with E-state index in [0.717, 1.165) is 6.42 Å². The lowest BCUT2D eigenvalue weighted by molar-refractivity contribution is 0.0763. The van der Waals surface area contributed by atoms with E-state index in [-0.39, 0.29) is 11.4 Å². The number of hydrogen-bond acceptors (Lipinski definition) is 3. The standard InChI is InChI=1S/C12H13BrFN3O2/c13-7-3-4-8(9(14)6-7)12(18)17-5-1-2-10(17)11(15)16-19/h3-4,6,10,19H,1-2,5H2,(H2,15,16). The topological polar surface area (TPSA) is 78.9 Å². The number of carbonyl (C=O) groups is 1. The van der Waals surface area contributed by atoms with Gasteiger partial charge in [-0.1, -0.05) is 21.1 Å². The molecular formula is C12H13BrFN3O2. The molecule has 1 aliphatic heterocycles. The first-order valence-electron chi connectivity index (χ1n) is 5.78. The largest absolute Gasteiger partial charge is 0.409 e. The second-order valence-corrected chi connectivity index (χ2v) is 5.22. The number of nitrogens with two attached hydrogens (primary N) is 1. The molecule has 1 heterocycles. The number of likely N-dealkylation sites (tertiary alicyclic amines) is 1. The summed E-state index contributed by atoms with van der Waals surface area (Å²) in [6, 6.07) is 3.79. The summed E-state index contributed by atoms with van der Waals surface area (Å²) in [7, 11) is 0. The number of hydrogen-bond donors (Lipinski definition) is 2. The van der Waals surface area contributed by atoms with Gasteiger partial charge in [-0.25, -0.2) is 4.39 Å². The molecule has 1 aliphatic rings. The van der Waals surface area contributed by atoms with Gasteiger partial charge < -0.3 is 15.8 Å². The van der Waals surface area contributed by atoms with Crippen LogP contribution in [-0.2, 0) is 0 Å². The van der Waals surface area contributed by atoms with Crippen molar-refractivity contribution >= 4 is 27.7 Å². The van der Waals surface area contributed by atoms with Crippen molar-refractivity contribution in [3.63, 3.8) is 0 Å². The summed E-state index contributed by atoms with van der Waals surface area (Å²) in [5, 5.41) is 11.6. The average Bonchev–Trinajstić information content (AvgIpc) is 2.86. The lowest BCUT2D eigenvalue weighted by Gasteiger charge is -2.23. The summed E-state index contributed by atoms with van der Waals surface area (Å²) in [6.07, 6.45) is 1.35. The Balaban J connectivity index is 2.28. The Morgan fingerprint density at radius 2 is 2.32 bits per heavy atom. The molecule has 2 rings (SSSR count). The van der Waals surface area contributed by atoms with Gasteiger partial charge in [0, 0.05) is 11.0 Å². The minimum atomic E-state index is -0.593. The van der Waals surface area contributed by atoms with Crippen LogP contribution in [0.25, 0.3) is 0 Å². The Labute approximate surface area is 118 Å². The van der Waals surface area contributed by atoms with Gasteiger partial charge >= 0.3 is 0 Å². The predicted octanol–water partition coefficient (Wildman–Crippen LogP) is 1.94. The number of halogens is 2. The molecule has 0 aromatic heterocycles. The third-order valence-electron chi connectivity index (χ3n) is 3.13. The summed E-state index contributed by atoms with van der Waals surface area (Å²) < 4.78 is 14.3. The smallest absolute Gasteiger partial charge is 0.257 e. The first-order chi connectivity index (χ1) is 9.04. The van der Waals surface area contributed by atoms with Crippen molar-refractivity contribution in [1.29, 1.82) is 0 Å². The molecule has 0 aliphatic carbocycles. The maximum atomic E-state index is 13.8. The van der Waals surface area contributed by atoms with E-state index in [1.807, 2.05) is 0 Å². The third-order valence-corrected chi connectivity index (χ3v) is 3.63. The Hall–Kier alpha value is -1.63. The molecule has 3 N–H and O–H groups in total. The van der Waals surface area contributed by atoms with E-state index in [1.54, 1.807) is 6.07 Å². The SMILES string of the molecule is NC(=NO)C1CCCN1C(=O)c1ccc(Br)cc1F. The molecule has 1 saturated heterocycles. The first-order valence-corrected chi connectivity index (χ1v) is 6.57. The van der Waals surface area contributed by atoms with Crippen molar-refractivity contribution in [2.45, 2.75) is 18.9 Å². The van der Waals surface area contributed by atoms with Crippen LogP contribution < -0.4 is 5.73 Å². The van der Waals surface area contributed by atoms with Crippen LogP contribution in [0, 0.1) is 5.82 Å². The molecule has 102 valence electrons. The third kappa shape index (κ3) is 2.70. The molecule has 1 amide bonds. The van der Waals surface area contributed by atoms with Crippen LogP contribution in [0.2, 0.25) is 0 Å². The molecule has 0 saturated carbocycles. The fraction of sp³-hybridized carbons (Fsp3) is 0.333. The zero-order valence-corrected chi connectivity index (χ0v) is 11.6. The van der Waals surface area contributed by atoms with Crippen LogP contribution in [0.1, 0.15) is 23.2 Å². The summed E-state index contributed by atoms with van der Waals surface area (Å²) in [5.74, 6) is -1.06. The van der Waals surface area contributed by atoms with Gasteiger partial charge in [0.05, 0.1) is 11.6 Å². The van der Waals surface area contributed by atoms with Crippen molar-refractivity contribution in [2.75, 3.05) is 6.54 Å². The molecule has 7 heteroatoms. The van der Waals surface area contributed by atoms with Crippen molar-refractivity contribution in [1.82, 2.24) is 4.90 Å². The Morgan fingerprint density at radius 3 is 2.95 bits per heavy atom. The molecule has 5 nitrogen and oxygen atoms in total. The Bertz CT molecular complexity index is 536. The highest BCUT2D eigenvalue weighted by molar-refractivity contribution is 9.10. The lowest BCUT2D eigenvalue weighted by Crippen LogP contribution is -2.44. The number of carbonyl (C=O) groups excluding carboxylic acids is 1. The van der Waals surface area contributed by atoms with E-state index >= 15 is 0 Å². The number of amides is 1. The van der Waals surface area contributed by atoms with Crippen molar-refractivity contribution in [3.05, 3.63) is 34.1 Å². The molecule has 19 heavy (non-hydrogen) atoms. The van der Waals surface area contributed by atoms with Gasteiger partial charge in [0.1, 0.15) is 5.82 Å². The van der Waals surface area contributed by atoms with E-state index in [4.69, 9.17) is 10.9 Å². The molecule has 1 fully saturated rings. The van der Waals surface area contributed by atoms with Gasteiger partial charge in [-0.15, -0.1) is 0 Å². The van der Waals surface area contributed by atoms with Crippen LogP contribution >= 0.6 is 15.9 Å². The quantitative estimate of drug-likeness (QED) is 0.376. The van der Waals surface area contributed by atoms with Gasteiger partial charge in [0.15, 0.2) is 5.84 Å². The van der Waals surface area contributed by atoms with Gasteiger partial charge in [0.2, 0.25) is 0 Å². The van der Waals surface area contributed by atoms with Crippen molar-refractivity contribution < 1.29 is 14.4 Å². The molecule has 0 radical (unpaired) electrons. The first kappa shape index (κ1) is 13.8. The van der Waals surface area contributed by atoms with E-state index < -0.39 is 17.8 Å². The number of rotatable bonds is 2. The summed E-state index contributed by atoms with van der Waals surface area (Å²) in [6.45, 7) is 0.467. The van der Waals surface area contributed by atoms with E-state index in [2.05, 4.69) is 21.1 Å². The number of oxime groups is 1.